The van der Waals surface area contributed by atoms with Crippen molar-refractivity contribution in [3.8, 4) is 11.5 Å². The second-order valence-electron chi connectivity index (χ2n) is 4.36. The van der Waals surface area contributed by atoms with Crippen LogP contribution in [0.1, 0.15) is 12.8 Å². The van der Waals surface area contributed by atoms with Crippen molar-refractivity contribution in [3.63, 3.8) is 0 Å². The minimum Gasteiger partial charge on any atom is -0.550 e. The number of hydrogen-bond donors (Lipinski definition) is 1. The van der Waals surface area contributed by atoms with E-state index in [1.165, 1.54) is 0 Å². The summed E-state index contributed by atoms with van der Waals surface area (Å²) >= 11 is 0. The van der Waals surface area contributed by atoms with Crippen LogP contribution >= 0.6 is 0 Å². The van der Waals surface area contributed by atoms with Crippen LogP contribution in [0.15, 0.2) is 54.6 Å². The topological polar surface area (TPSA) is 78.5 Å². The Kier molecular flexibility index (Phi) is 4.93. The average Bonchev–Trinajstić information content (AvgIpc) is 2.48. The molecular formula is C16H14NO4-. The van der Waals surface area contributed by atoms with Gasteiger partial charge in [0.15, 0.2) is 0 Å². The molecule has 108 valence electrons. The molecule has 0 spiro atoms. The number of carbonyl (C=O) groups is 2. The highest BCUT2D eigenvalue weighted by atomic mass is 16.5. The van der Waals surface area contributed by atoms with Crippen molar-refractivity contribution < 1.29 is 19.4 Å². The zero-order valence-corrected chi connectivity index (χ0v) is 11.2. The fourth-order valence-electron chi connectivity index (χ4n) is 1.67. The Labute approximate surface area is 122 Å². The predicted molar refractivity (Wildman–Crippen MR) is 75.8 cm³/mol. The molecule has 0 bridgehead atoms. The summed E-state index contributed by atoms with van der Waals surface area (Å²) in [4.78, 5) is 21.7. The number of hydrogen-bond acceptors (Lipinski definition) is 4. The van der Waals surface area contributed by atoms with Gasteiger partial charge in [-0.1, -0.05) is 18.2 Å². The SMILES string of the molecule is O=C([O-])CCC(=O)Nc1ccc(Oc2ccccc2)cc1. The summed E-state index contributed by atoms with van der Waals surface area (Å²) in [7, 11) is 0. The van der Waals surface area contributed by atoms with Gasteiger partial charge in [0.1, 0.15) is 11.5 Å². The zero-order chi connectivity index (χ0) is 15.1. The molecule has 0 heterocycles. The highest BCUT2D eigenvalue weighted by molar-refractivity contribution is 5.92. The number of rotatable bonds is 6. The van der Waals surface area contributed by atoms with E-state index in [0.717, 1.165) is 5.75 Å². The van der Waals surface area contributed by atoms with Crippen LogP contribution in [0.2, 0.25) is 0 Å². The van der Waals surface area contributed by atoms with Crippen molar-refractivity contribution in [2.24, 2.45) is 0 Å². The minimum absolute atomic E-state index is 0.107. The van der Waals surface area contributed by atoms with E-state index in [-0.39, 0.29) is 18.7 Å². The van der Waals surface area contributed by atoms with Crippen molar-refractivity contribution in [2.75, 3.05) is 5.32 Å². The molecule has 0 saturated carbocycles. The Hall–Kier alpha value is -2.82. The number of para-hydroxylation sites is 1. The number of anilines is 1. The first-order chi connectivity index (χ1) is 10.1. The third kappa shape index (κ3) is 4.99. The third-order valence-electron chi connectivity index (χ3n) is 2.67. The van der Waals surface area contributed by atoms with E-state index < -0.39 is 5.97 Å². The van der Waals surface area contributed by atoms with Gasteiger partial charge in [0.25, 0.3) is 0 Å². The van der Waals surface area contributed by atoms with E-state index in [9.17, 15) is 14.7 Å². The maximum absolute atomic E-state index is 11.5. The van der Waals surface area contributed by atoms with Gasteiger partial charge in [0.2, 0.25) is 5.91 Å². The van der Waals surface area contributed by atoms with Crippen LogP contribution in [-0.4, -0.2) is 11.9 Å². The van der Waals surface area contributed by atoms with Crippen molar-refractivity contribution in [3.05, 3.63) is 54.6 Å². The summed E-state index contributed by atoms with van der Waals surface area (Å²) in [5, 5.41) is 12.9. The Bertz CT molecular complexity index is 608. The third-order valence-corrected chi connectivity index (χ3v) is 2.67. The van der Waals surface area contributed by atoms with Gasteiger partial charge in [-0.15, -0.1) is 0 Å². The van der Waals surface area contributed by atoms with Crippen LogP contribution in [0.25, 0.3) is 0 Å². The molecule has 0 radical (unpaired) electrons. The predicted octanol–water partition coefficient (Wildman–Crippen LogP) is 1.95. The van der Waals surface area contributed by atoms with Crippen LogP contribution in [-0.2, 0) is 9.59 Å². The molecule has 2 aromatic rings. The largest absolute Gasteiger partial charge is 0.550 e. The van der Waals surface area contributed by atoms with Crippen molar-refractivity contribution >= 4 is 17.6 Å². The Morgan fingerprint density at radius 1 is 0.905 bits per heavy atom. The number of benzene rings is 2. The summed E-state index contributed by atoms with van der Waals surface area (Å²) in [6, 6.07) is 16.2. The number of aliphatic carboxylic acids is 1. The number of carboxylic acid groups (broad SMARTS) is 1. The molecule has 0 atom stereocenters. The van der Waals surface area contributed by atoms with Crippen LogP contribution in [0, 0.1) is 0 Å². The number of amides is 1. The fraction of sp³-hybridized carbons (Fsp3) is 0.125. The van der Waals surface area contributed by atoms with E-state index in [0.29, 0.717) is 11.4 Å². The van der Waals surface area contributed by atoms with Gasteiger partial charge in [0, 0.05) is 18.1 Å². The van der Waals surface area contributed by atoms with Crippen molar-refractivity contribution in [1.82, 2.24) is 0 Å². The lowest BCUT2D eigenvalue weighted by atomic mass is 10.2. The Morgan fingerprint density at radius 3 is 2.14 bits per heavy atom. The zero-order valence-electron chi connectivity index (χ0n) is 11.2. The quantitative estimate of drug-likeness (QED) is 0.879. The smallest absolute Gasteiger partial charge is 0.224 e. The Balaban J connectivity index is 1.90. The van der Waals surface area contributed by atoms with Gasteiger partial charge in [-0.05, 0) is 42.8 Å². The molecule has 0 fully saturated rings. The molecule has 5 heteroatoms. The molecule has 1 amide bonds. The molecule has 0 aromatic heterocycles. The first-order valence-electron chi connectivity index (χ1n) is 6.46. The summed E-state index contributed by atoms with van der Waals surface area (Å²) in [6.45, 7) is 0. The molecule has 2 aromatic carbocycles. The van der Waals surface area contributed by atoms with Crippen LogP contribution < -0.4 is 15.2 Å². The number of carbonyl (C=O) groups excluding carboxylic acids is 2. The second-order valence-corrected chi connectivity index (χ2v) is 4.36. The highest BCUT2D eigenvalue weighted by Gasteiger charge is 2.03. The lowest BCUT2D eigenvalue weighted by molar-refractivity contribution is -0.305. The second kappa shape index (κ2) is 7.09. The molecular weight excluding hydrogens is 270 g/mol. The molecule has 0 unspecified atom stereocenters. The van der Waals surface area contributed by atoms with E-state index in [1.54, 1.807) is 24.3 Å². The first-order valence-corrected chi connectivity index (χ1v) is 6.46. The summed E-state index contributed by atoms with van der Waals surface area (Å²) in [6.07, 6.45) is -0.397. The standard InChI is InChI=1S/C16H15NO4/c18-15(10-11-16(19)20)17-12-6-8-14(9-7-12)21-13-4-2-1-3-5-13/h1-9H,10-11H2,(H,17,18)(H,19,20)/p-1. The van der Waals surface area contributed by atoms with Crippen LogP contribution in [0.4, 0.5) is 5.69 Å². The molecule has 21 heavy (non-hydrogen) atoms. The summed E-state index contributed by atoms with van der Waals surface area (Å²) < 4.78 is 5.62. The number of nitrogens with one attached hydrogen (secondary N) is 1. The fourth-order valence-corrected chi connectivity index (χ4v) is 1.67. The van der Waals surface area contributed by atoms with Crippen molar-refractivity contribution in [2.45, 2.75) is 12.8 Å². The van der Waals surface area contributed by atoms with Gasteiger partial charge >= 0.3 is 0 Å². The van der Waals surface area contributed by atoms with E-state index in [4.69, 9.17) is 4.74 Å². The minimum atomic E-state index is -1.24. The van der Waals surface area contributed by atoms with Gasteiger partial charge in [-0.3, -0.25) is 4.79 Å². The van der Waals surface area contributed by atoms with Gasteiger partial charge in [0.05, 0.1) is 0 Å². The number of carboxylic acids is 1. The average molecular weight is 284 g/mol. The van der Waals surface area contributed by atoms with E-state index in [2.05, 4.69) is 5.32 Å². The van der Waals surface area contributed by atoms with Crippen LogP contribution in [0.5, 0.6) is 11.5 Å². The summed E-state index contributed by atoms with van der Waals surface area (Å²) in [5.74, 6) is -0.232. The molecule has 0 saturated heterocycles. The monoisotopic (exact) mass is 284 g/mol. The normalized spacial score (nSPS) is 9.90. The van der Waals surface area contributed by atoms with Crippen LogP contribution in [0.3, 0.4) is 0 Å². The molecule has 1 N–H and O–H groups in total. The van der Waals surface area contributed by atoms with E-state index in [1.807, 2.05) is 30.3 Å². The Morgan fingerprint density at radius 2 is 1.52 bits per heavy atom. The molecule has 0 aliphatic carbocycles. The lowest BCUT2D eigenvalue weighted by Gasteiger charge is -2.08. The number of ether oxygens (including phenoxy) is 1. The van der Waals surface area contributed by atoms with Gasteiger partial charge in [-0.25, -0.2) is 0 Å². The molecule has 0 aliphatic heterocycles. The first kappa shape index (κ1) is 14.6. The molecule has 5 nitrogen and oxygen atoms in total. The maximum atomic E-state index is 11.5. The molecule has 2 rings (SSSR count). The van der Waals surface area contributed by atoms with Crippen molar-refractivity contribution in [1.29, 1.82) is 0 Å². The summed E-state index contributed by atoms with van der Waals surface area (Å²) in [5.41, 5.74) is 0.582. The lowest BCUT2D eigenvalue weighted by Crippen LogP contribution is -2.24. The van der Waals surface area contributed by atoms with Gasteiger partial charge in [-0.2, -0.15) is 0 Å². The maximum Gasteiger partial charge on any atom is 0.224 e. The van der Waals surface area contributed by atoms with E-state index >= 15 is 0 Å². The molecule has 0 aliphatic rings. The highest BCUT2D eigenvalue weighted by Crippen LogP contribution is 2.22. The van der Waals surface area contributed by atoms with Gasteiger partial charge < -0.3 is 20.0 Å².